The van der Waals surface area contributed by atoms with Crippen LogP contribution in [0.3, 0.4) is 0 Å². The number of piperazine rings is 1. The normalized spacial score (nSPS) is 19.1. The molecule has 1 saturated heterocycles. The molecule has 0 radical (unpaired) electrons. The minimum Gasteiger partial charge on any atom is -0.314 e. The lowest BCUT2D eigenvalue weighted by atomic mass is 10.00. The summed E-state index contributed by atoms with van der Waals surface area (Å²) in [5.74, 6) is 0. The Morgan fingerprint density at radius 2 is 2.05 bits per heavy atom. The van der Waals surface area contributed by atoms with Crippen LogP contribution in [-0.4, -0.2) is 45.1 Å². The quantitative estimate of drug-likeness (QED) is 0.918. The fraction of sp³-hybridized carbons (Fsp3) is 0.467. The van der Waals surface area contributed by atoms with E-state index in [-0.39, 0.29) is 5.54 Å². The summed E-state index contributed by atoms with van der Waals surface area (Å²) in [6.45, 7) is 8.48. The molecule has 1 N–H and O–H groups in total. The van der Waals surface area contributed by atoms with Gasteiger partial charge < -0.3 is 5.32 Å². The van der Waals surface area contributed by atoms with Crippen molar-refractivity contribution in [2.75, 3.05) is 19.6 Å². The van der Waals surface area contributed by atoms with Gasteiger partial charge in [-0.1, -0.05) is 18.2 Å². The Morgan fingerprint density at radius 1 is 1.25 bits per heavy atom. The minimum absolute atomic E-state index is 0.161. The Bertz CT molecular complexity index is 561. The zero-order valence-corrected chi connectivity index (χ0v) is 12.1. The van der Waals surface area contributed by atoms with Crippen LogP contribution in [0.25, 0.3) is 5.69 Å². The predicted molar refractivity (Wildman–Crippen MR) is 78.7 cm³/mol. The molecule has 1 aliphatic heterocycles. The fourth-order valence-corrected chi connectivity index (χ4v) is 2.56. The van der Waals surface area contributed by atoms with Gasteiger partial charge in [0.05, 0.1) is 17.6 Å². The first-order valence-electron chi connectivity index (χ1n) is 7.08. The van der Waals surface area contributed by atoms with Crippen molar-refractivity contribution in [3.63, 3.8) is 0 Å². The van der Waals surface area contributed by atoms with Crippen molar-refractivity contribution in [1.82, 2.24) is 25.2 Å². The number of rotatable bonds is 3. The monoisotopic (exact) mass is 271 g/mol. The van der Waals surface area contributed by atoms with Crippen molar-refractivity contribution in [2.45, 2.75) is 25.9 Å². The van der Waals surface area contributed by atoms with Crippen LogP contribution in [-0.2, 0) is 6.54 Å². The number of benzene rings is 1. The average molecular weight is 271 g/mol. The number of nitrogens with one attached hydrogen (secondary N) is 1. The van der Waals surface area contributed by atoms with E-state index in [9.17, 15) is 0 Å². The van der Waals surface area contributed by atoms with Crippen LogP contribution in [0.4, 0.5) is 0 Å². The number of para-hydroxylation sites is 1. The zero-order valence-electron chi connectivity index (χ0n) is 12.1. The average Bonchev–Trinajstić information content (AvgIpc) is 2.91. The summed E-state index contributed by atoms with van der Waals surface area (Å²) >= 11 is 0. The lowest BCUT2D eigenvalue weighted by Crippen LogP contribution is -2.57. The fourth-order valence-electron chi connectivity index (χ4n) is 2.56. The van der Waals surface area contributed by atoms with E-state index in [1.807, 2.05) is 36.5 Å². The van der Waals surface area contributed by atoms with Crippen LogP contribution in [0, 0.1) is 0 Å². The van der Waals surface area contributed by atoms with E-state index < -0.39 is 0 Å². The van der Waals surface area contributed by atoms with Crippen LogP contribution in [0.5, 0.6) is 0 Å². The topological polar surface area (TPSA) is 46.0 Å². The van der Waals surface area contributed by atoms with Gasteiger partial charge in [-0.3, -0.25) is 4.90 Å². The van der Waals surface area contributed by atoms with Crippen molar-refractivity contribution >= 4 is 0 Å². The van der Waals surface area contributed by atoms with Crippen LogP contribution in [0.1, 0.15) is 19.5 Å². The van der Waals surface area contributed by atoms with Gasteiger partial charge in [-0.05, 0) is 26.0 Å². The molecule has 5 heteroatoms. The maximum Gasteiger partial charge on any atom is 0.0972 e. The molecule has 2 heterocycles. The lowest BCUT2D eigenvalue weighted by Gasteiger charge is -2.42. The largest absolute Gasteiger partial charge is 0.314 e. The lowest BCUT2D eigenvalue weighted by molar-refractivity contribution is 0.0813. The highest BCUT2D eigenvalue weighted by Crippen LogP contribution is 2.18. The standard InChI is InChI=1S/C15H21N5/c1-15(2)12-16-8-9-19(15)11-13-10-17-20(18-13)14-6-4-3-5-7-14/h3-7,10,16H,8-9,11-12H2,1-2H3. The predicted octanol–water partition coefficient (Wildman–Crippen LogP) is 1.45. The molecule has 0 unspecified atom stereocenters. The van der Waals surface area contributed by atoms with E-state index in [1.165, 1.54) is 0 Å². The number of hydrogen-bond donors (Lipinski definition) is 1. The molecular formula is C15H21N5. The summed E-state index contributed by atoms with van der Waals surface area (Å²) in [5, 5.41) is 12.4. The molecule has 1 aromatic heterocycles. The molecule has 0 aliphatic carbocycles. The Balaban J connectivity index is 1.74. The van der Waals surface area contributed by atoms with E-state index in [0.717, 1.165) is 37.6 Å². The second-order valence-corrected chi connectivity index (χ2v) is 5.87. The number of hydrogen-bond acceptors (Lipinski definition) is 4. The Hall–Kier alpha value is -1.72. The second kappa shape index (κ2) is 5.34. The molecule has 3 rings (SSSR count). The highest BCUT2D eigenvalue weighted by atomic mass is 15.5. The van der Waals surface area contributed by atoms with Crippen molar-refractivity contribution in [1.29, 1.82) is 0 Å². The van der Waals surface area contributed by atoms with Gasteiger partial charge >= 0.3 is 0 Å². The molecule has 106 valence electrons. The molecule has 1 aliphatic rings. The van der Waals surface area contributed by atoms with E-state index in [4.69, 9.17) is 0 Å². The second-order valence-electron chi connectivity index (χ2n) is 5.87. The molecular weight excluding hydrogens is 250 g/mol. The van der Waals surface area contributed by atoms with E-state index in [1.54, 1.807) is 4.80 Å². The smallest absolute Gasteiger partial charge is 0.0972 e. The van der Waals surface area contributed by atoms with Gasteiger partial charge in [-0.25, -0.2) is 0 Å². The maximum atomic E-state index is 4.58. The van der Waals surface area contributed by atoms with Gasteiger partial charge in [-0.15, -0.1) is 0 Å². The van der Waals surface area contributed by atoms with Gasteiger partial charge in [0.15, 0.2) is 0 Å². The molecule has 20 heavy (non-hydrogen) atoms. The highest BCUT2D eigenvalue weighted by Gasteiger charge is 2.29. The summed E-state index contributed by atoms with van der Waals surface area (Å²) in [4.78, 5) is 4.16. The third kappa shape index (κ3) is 2.73. The molecule has 5 nitrogen and oxygen atoms in total. The number of nitrogens with zero attached hydrogens (tertiary/aromatic N) is 4. The first-order chi connectivity index (χ1) is 9.65. The van der Waals surface area contributed by atoms with Crippen LogP contribution < -0.4 is 5.32 Å². The van der Waals surface area contributed by atoms with Gasteiger partial charge in [0, 0.05) is 31.7 Å². The third-order valence-electron chi connectivity index (χ3n) is 3.85. The van der Waals surface area contributed by atoms with Crippen molar-refractivity contribution in [3.05, 3.63) is 42.2 Å². The molecule has 0 bridgehead atoms. The molecule has 1 fully saturated rings. The molecule has 0 amide bonds. The van der Waals surface area contributed by atoms with Gasteiger partial charge in [0.2, 0.25) is 0 Å². The Labute approximate surface area is 119 Å². The van der Waals surface area contributed by atoms with Crippen molar-refractivity contribution < 1.29 is 0 Å². The summed E-state index contributed by atoms with van der Waals surface area (Å²) < 4.78 is 0. The molecule has 1 aromatic carbocycles. The van der Waals surface area contributed by atoms with E-state index in [2.05, 4.69) is 34.3 Å². The van der Waals surface area contributed by atoms with Crippen LogP contribution >= 0.6 is 0 Å². The first kappa shape index (κ1) is 13.3. The molecule has 0 spiro atoms. The van der Waals surface area contributed by atoms with Crippen LogP contribution in [0.2, 0.25) is 0 Å². The molecule has 0 atom stereocenters. The van der Waals surface area contributed by atoms with Gasteiger partial charge in [0.1, 0.15) is 0 Å². The zero-order chi connectivity index (χ0) is 14.0. The Kier molecular flexibility index (Phi) is 3.54. The molecule has 0 saturated carbocycles. The Morgan fingerprint density at radius 3 is 2.80 bits per heavy atom. The number of aromatic nitrogens is 3. The van der Waals surface area contributed by atoms with Gasteiger partial charge in [-0.2, -0.15) is 15.0 Å². The van der Waals surface area contributed by atoms with E-state index >= 15 is 0 Å². The minimum atomic E-state index is 0.161. The van der Waals surface area contributed by atoms with Crippen molar-refractivity contribution in [2.24, 2.45) is 0 Å². The van der Waals surface area contributed by atoms with Gasteiger partial charge in [0.25, 0.3) is 0 Å². The summed E-state index contributed by atoms with van der Waals surface area (Å²) in [7, 11) is 0. The SMILES string of the molecule is CC1(C)CNCCN1Cc1cnn(-c2ccccc2)n1. The van der Waals surface area contributed by atoms with Crippen molar-refractivity contribution in [3.8, 4) is 5.69 Å². The molecule has 2 aromatic rings. The summed E-state index contributed by atoms with van der Waals surface area (Å²) in [6.07, 6.45) is 1.87. The summed E-state index contributed by atoms with van der Waals surface area (Å²) in [6, 6.07) is 10.0. The summed E-state index contributed by atoms with van der Waals surface area (Å²) in [5.41, 5.74) is 2.18. The van der Waals surface area contributed by atoms with Crippen LogP contribution in [0.15, 0.2) is 36.5 Å². The maximum absolute atomic E-state index is 4.58. The third-order valence-corrected chi connectivity index (χ3v) is 3.85. The first-order valence-corrected chi connectivity index (χ1v) is 7.08. The highest BCUT2D eigenvalue weighted by molar-refractivity contribution is 5.28. The van der Waals surface area contributed by atoms with E-state index in [0.29, 0.717) is 0 Å².